The molecular weight excluding hydrogens is 198 g/mol. The minimum absolute atomic E-state index is 0.281. The van der Waals surface area contributed by atoms with Crippen LogP contribution in [-0.2, 0) is 14.3 Å². The highest BCUT2D eigenvalue weighted by molar-refractivity contribution is 5.90. The minimum atomic E-state index is -1.21. The number of nitrogens with zero attached hydrogens (tertiary/aromatic N) is 1. The molecule has 0 fully saturated rings. The van der Waals surface area contributed by atoms with E-state index in [0.717, 1.165) is 6.08 Å². The van der Waals surface area contributed by atoms with Crippen LogP contribution in [0.5, 0.6) is 0 Å². The Hall–Kier alpha value is -1.83. The number of esters is 1. The maximum Gasteiger partial charge on any atom is 0.331 e. The summed E-state index contributed by atoms with van der Waals surface area (Å²) < 4.78 is 4.95. The molecule has 1 N–H and O–H groups in total. The molecule has 0 heterocycles. The molecule has 0 bridgehead atoms. The third kappa shape index (κ3) is 7.26. The van der Waals surface area contributed by atoms with Gasteiger partial charge in [0.1, 0.15) is 5.60 Å². The van der Waals surface area contributed by atoms with Crippen molar-refractivity contribution in [3.63, 3.8) is 0 Å². The van der Waals surface area contributed by atoms with Crippen molar-refractivity contribution >= 4 is 11.9 Å². The first-order valence-electron chi connectivity index (χ1n) is 4.38. The molecule has 0 rings (SSSR count). The Bertz CT molecular complexity index is 312. The van der Waals surface area contributed by atoms with Crippen molar-refractivity contribution in [3.8, 4) is 6.07 Å². The maximum atomic E-state index is 11.1. The van der Waals surface area contributed by atoms with E-state index in [1.807, 2.05) is 6.07 Å². The van der Waals surface area contributed by atoms with Gasteiger partial charge in [-0.05, 0) is 20.3 Å². The second kappa shape index (κ2) is 5.81. The number of aliphatic carboxylic acids is 1. The molecule has 0 saturated carbocycles. The van der Waals surface area contributed by atoms with Crippen LogP contribution < -0.4 is 0 Å². The highest BCUT2D eigenvalue weighted by atomic mass is 16.6. The van der Waals surface area contributed by atoms with E-state index in [1.165, 1.54) is 0 Å². The minimum Gasteiger partial charge on any atom is -0.478 e. The van der Waals surface area contributed by atoms with E-state index in [9.17, 15) is 9.59 Å². The Kier molecular flexibility index (Phi) is 5.10. The van der Waals surface area contributed by atoms with Crippen LogP contribution in [0.4, 0.5) is 0 Å². The van der Waals surface area contributed by atoms with Crippen LogP contribution in [0.1, 0.15) is 26.7 Å². The summed E-state index contributed by atoms with van der Waals surface area (Å²) in [5.74, 6) is -1.93. The van der Waals surface area contributed by atoms with Gasteiger partial charge >= 0.3 is 11.9 Å². The molecule has 5 heteroatoms. The molecule has 0 aliphatic carbocycles. The van der Waals surface area contributed by atoms with Crippen molar-refractivity contribution in [1.29, 1.82) is 5.26 Å². The molecule has 0 radical (unpaired) electrons. The number of carbonyl (C=O) groups excluding carboxylic acids is 1. The van der Waals surface area contributed by atoms with Crippen LogP contribution in [0.2, 0.25) is 0 Å². The summed E-state index contributed by atoms with van der Waals surface area (Å²) in [5, 5.41) is 16.6. The number of rotatable bonds is 5. The first-order valence-corrected chi connectivity index (χ1v) is 4.38. The van der Waals surface area contributed by atoms with Crippen LogP contribution in [0.15, 0.2) is 12.2 Å². The van der Waals surface area contributed by atoms with Gasteiger partial charge in [-0.3, -0.25) is 0 Å². The van der Waals surface area contributed by atoms with Gasteiger partial charge in [0.05, 0.1) is 6.07 Å². The Balaban J connectivity index is 4.16. The standard InChI is InChI=1S/C10H13NO4/c1-10(2,6-3-7-11)15-9(14)5-4-8(12)13/h4-5H,3,6H2,1-2H3,(H,12,13)/b5-4+. The summed E-state index contributed by atoms with van der Waals surface area (Å²) in [6.07, 6.45) is 2.25. The topological polar surface area (TPSA) is 87.4 Å². The first kappa shape index (κ1) is 13.2. The fourth-order valence-electron chi connectivity index (χ4n) is 0.854. The van der Waals surface area contributed by atoms with Gasteiger partial charge in [0.15, 0.2) is 0 Å². The summed E-state index contributed by atoms with van der Waals surface area (Å²) in [7, 11) is 0. The van der Waals surface area contributed by atoms with Gasteiger partial charge in [0, 0.05) is 18.6 Å². The van der Waals surface area contributed by atoms with Gasteiger partial charge in [-0.25, -0.2) is 9.59 Å². The predicted molar refractivity (Wildman–Crippen MR) is 51.8 cm³/mol. The Labute approximate surface area is 88.0 Å². The third-order valence-electron chi connectivity index (χ3n) is 1.58. The SMILES string of the molecule is CC(C)(CCC#N)OC(=O)/C=C/C(=O)O. The first-order chi connectivity index (χ1) is 6.87. The number of carboxylic acids is 1. The third-order valence-corrected chi connectivity index (χ3v) is 1.58. The van der Waals surface area contributed by atoms with E-state index in [4.69, 9.17) is 15.1 Å². The summed E-state index contributed by atoms with van der Waals surface area (Å²) in [5.41, 5.74) is -0.754. The highest BCUT2D eigenvalue weighted by Gasteiger charge is 2.21. The van der Waals surface area contributed by atoms with Crippen molar-refractivity contribution in [2.75, 3.05) is 0 Å². The van der Waals surface area contributed by atoms with Crippen molar-refractivity contribution in [1.82, 2.24) is 0 Å². The molecule has 15 heavy (non-hydrogen) atoms. The van der Waals surface area contributed by atoms with E-state index in [0.29, 0.717) is 12.5 Å². The normalized spacial score (nSPS) is 11.0. The van der Waals surface area contributed by atoms with E-state index in [2.05, 4.69) is 0 Å². The second-order valence-corrected chi connectivity index (χ2v) is 3.51. The van der Waals surface area contributed by atoms with Gasteiger partial charge in [0.2, 0.25) is 0 Å². The molecule has 0 saturated heterocycles. The molecule has 0 atom stereocenters. The van der Waals surface area contributed by atoms with Gasteiger partial charge in [-0.15, -0.1) is 0 Å². The number of hydrogen-bond donors (Lipinski definition) is 1. The smallest absolute Gasteiger partial charge is 0.331 e. The van der Waals surface area contributed by atoms with Crippen molar-refractivity contribution < 1.29 is 19.4 Å². The zero-order valence-electron chi connectivity index (χ0n) is 8.69. The molecule has 0 unspecified atom stereocenters. The van der Waals surface area contributed by atoms with Crippen LogP contribution in [0.3, 0.4) is 0 Å². The van der Waals surface area contributed by atoms with Crippen LogP contribution in [-0.4, -0.2) is 22.6 Å². The summed E-state index contributed by atoms with van der Waals surface area (Å²) in [4.78, 5) is 21.2. The second-order valence-electron chi connectivity index (χ2n) is 3.51. The number of carboxylic acid groups (broad SMARTS) is 1. The summed E-state index contributed by atoms with van der Waals surface area (Å²) >= 11 is 0. The molecule has 0 aliphatic heterocycles. The maximum absolute atomic E-state index is 11.1. The molecule has 0 aromatic rings. The summed E-state index contributed by atoms with van der Waals surface area (Å²) in [6.45, 7) is 3.33. The zero-order valence-corrected chi connectivity index (χ0v) is 8.69. The average Bonchev–Trinajstić information content (AvgIpc) is 2.11. The van der Waals surface area contributed by atoms with E-state index in [1.54, 1.807) is 13.8 Å². The molecule has 0 aliphatic rings. The highest BCUT2D eigenvalue weighted by Crippen LogP contribution is 2.16. The predicted octanol–water partition coefficient (Wildman–Crippen LogP) is 1.25. The van der Waals surface area contributed by atoms with Crippen LogP contribution in [0.25, 0.3) is 0 Å². The van der Waals surface area contributed by atoms with Gasteiger partial charge in [-0.1, -0.05) is 0 Å². The van der Waals surface area contributed by atoms with Gasteiger partial charge < -0.3 is 9.84 Å². The Morgan fingerprint density at radius 1 is 1.47 bits per heavy atom. The van der Waals surface area contributed by atoms with Crippen LogP contribution >= 0.6 is 0 Å². The fourth-order valence-corrected chi connectivity index (χ4v) is 0.854. The van der Waals surface area contributed by atoms with E-state index >= 15 is 0 Å². The lowest BCUT2D eigenvalue weighted by Crippen LogP contribution is -2.27. The molecule has 82 valence electrons. The van der Waals surface area contributed by atoms with Crippen molar-refractivity contribution in [3.05, 3.63) is 12.2 Å². The quantitative estimate of drug-likeness (QED) is 0.546. The number of carbonyl (C=O) groups is 2. The molecule has 0 aromatic heterocycles. The summed E-state index contributed by atoms with van der Waals surface area (Å²) in [6, 6.07) is 1.94. The molecule has 5 nitrogen and oxygen atoms in total. The number of ether oxygens (including phenoxy) is 1. The Morgan fingerprint density at radius 2 is 2.07 bits per heavy atom. The van der Waals surface area contributed by atoms with E-state index in [-0.39, 0.29) is 6.42 Å². The molecule has 0 aromatic carbocycles. The molecule has 0 amide bonds. The van der Waals surface area contributed by atoms with Gasteiger partial charge in [0.25, 0.3) is 0 Å². The molecule has 0 spiro atoms. The fraction of sp³-hybridized carbons (Fsp3) is 0.500. The number of hydrogen-bond acceptors (Lipinski definition) is 4. The van der Waals surface area contributed by atoms with Crippen molar-refractivity contribution in [2.24, 2.45) is 0 Å². The van der Waals surface area contributed by atoms with Crippen LogP contribution in [0, 0.1) is 11.3 Å². The lowest BCUT2D eigenvalue weighted by atomic mass is 10.0. The largest absolute Gasteiger partial charge is 0.478 e. The Morgan fingerprint density at radius 3 is 2.53 bits per heavy atom. The van der Waals surface area contributed by atoms with E-state index < -0.39 is 17.5 Å². The number of nitriles is 1. The monoisotopic (exact) mass is 211 g/mol. The molecular formula is C10H13NO4. The zero-order chi connectivity index (χ0) is 11.9. The van der Waals surface area contributed by atoms with Crippen molar-refractivity contribution in [2.45, 2.75) is 32.3 Å². The van der Waals surface area contributed by atoms with Gasteiger partial charge in [-0.2, -0.15) is 5.26 Å². The lowest BCUT2D eigenvalue weighted by Gasteiger charge is -2.22. The average molecular weight is 211 g/mol. The lowest BCUT2D eigenvalue weighted by molar-refractivity contribution is -0.151.